The third kappa shape index (κ3) is 4.14. The second kappa shape index (κ2) is 7.94. The molecule has 9 heteroatoms. The van der Waals surface area contributed by atoms with Crippen LogP contribution in [0.3, 0.4) is 0 Å². The Hall–Kier alpha value is -3.75. The van der Waals surface area contributed by atoms with Gasteiger partial charge in [0.05, 0.1) is 23.0 Å². The van der Waals surface area contributed by atoms with E-state index in [-0.39, 0.29) is 17.8 Å². The summed E-state index contributed by atoms with van der Waals surface area (Å²) in [6.45, 7) is 6.36. The van der Waals surface area contributed by atoms with E-state index in [1.54, 1.807) is 19.1 Å². The first-order valence-electron chi connectivity index (χ1n) is 9.48. The molecule has 4 rings (SSSR count). The Morgan fingerprint density at radius 1 is 1.23 bits per heavy atom. The lowest BCUT2D eigenvalue weighted by molar-refractivity contribution is 0.173. The number of benzene rings is 1. The lowest BCUT2D eigenvalue weighted by Gasteiger charge is -2.19. The maximum Gasteiger partial charge on any atom is 0.412 e. The summed E-state index contributed by atoms with van der Waals surface area (Å²) in [5, 5.41) is 2.82. The highest BCUT2D eigenvalue weighted by molar-refractivity contribution is 5.88. The van der Waals surface area contributed by atoms with Crippen molar-refractivity contribution in [1.29, 1.82) is 0 Å². The largest absolute Gasteiger partial charge is 0.416 e. The van der Waals surface area contributed by atoms with E-state index in [0.29, 0.717) is 47.8 Å². The number of nitrogens with two attached hydrogens (primary N) is 1. The predicted octanol–water partition coefficient (Wildman–Crippen LogP) is 3.25. The zero-order valence-electron chi connectivity index (χ0n) is 16.4. The molecule has 1 saturated heterocycles. The van der Waals surface area contributed by atoms with Crippen LogP contribution in [0.4, 0.5) is 21.0 Å². The Morgan fingerprint density at radius 2 is 2.00 bits per heavy atom. The molecule has 1 aliphatic heterocycles. The quantitative estimate of drug-likeness (QED) is 0.638. The lowest BCUT2D eigenvalue weighted by Crippen LogP contribution is -2.37. The number of hydrogen-bond donors (Lipinski definition) is 2. The summed E-state index contributed by atoms with van der Waals surface area (Å²) in [6, 6.07) is 9.65. The maximum absolute atomic E-state index is 13.3. The summed E-state index contributed by atoms with van der Waals surface area (Å²) in [5.74, 6) is 0.762. The minimum absolute atomic E-state index is 0.108. The van der Waals surface area contributed by atoms with Gasteiger partial charge in [-0.3, -0.25) is 0 Å². The molecule has 154 valence electrons. The number of fused-ring (bicyclic) bond motifs is 1. The van der Waals surface area contributed by atoms with E-state index in [9.17, 15) is 9.18 Å². The highest BCUT2D eigenvalue weighted by atomic mass is 19.1. The van der Waals surface area contributed by atoms with Crippen molar-refractivity contribution < 1.29 is 13.9 Å². The molecule has 30 heavy (non-hydrogen) atoms. The highest BCUT2D eigenvalue weighted by Crippen LogP contribution is 2.29. The van der Waals surface area contributed by atoms with Crippen LogP contribution in [-0.2, 0) is 4.74 Å². The fourth-order valence-electron chi connectivity index (χ4n) is 3.44. The van der Waals surface area contributed by atoms with E-state index < -0.39 is 6.09 Å². The van der Waals surface area contributed by atoms with Crippen LogP contribution in [0.15, 0.2) is 48.7 Å². The summed E-state index contributed by atoms with van der Waals surface area (Å²) in [4.78, 5) is 27.3. The van der Waals surface area contributed by atoms with Crippen LogP contribution in [0, 0.1) is 5.82 Å². The zero-order valence-corrected chi connectivity index (χ0v) is 16.4. The average molecular weight is 408 g/mol. The Morgan fingerprint density at radius 3 is 2.73 bits per heavy atom. The van der Waals surface area contributed by atoms with Gasteiger partial charge in [-0.2, -0.15) is 4.98 Å². The molecule has 0 bridgehead atoms. The summed E-state index contributed by atoms with van der Waals surface area (Å²) >= 11 is 0. The van der Waals surface area contributed by atoms with Crippen LogP contribution in [0.25, 0.3) is 22.3 Å². The van der Waals surface area contributed by atoms with E-state index in [4.69, 9.17) is 15.5 Å². The van der Waals surface area contributed by atoms with Gasteiger partial charge in [-0.15, -0.1) is 0 Å². The number of allylic oxidation sites excluding steroid dienone is 1. The second-order valence-corrected chi connectivity index (χ2v) is 7.14. The smallest absolute Gasteiger partial charge is 0.412 e. The van der Waals surface area contributed by atoms with Crippen molar-refractivity contribution in [2.24, 2.45) is 0 Å². The van der Waals surface area contributed by atoms with E-state index in [1.807, 2.05) is 17.0 Å². The Labute approximate surface area is 172 Å². The minimum Gasteiger partial charge on any atom is -0.416 e. The molecule has 0 saturated carbocycles. The summed E-state index contributed by atoms with van der Waals surface area (Å²) in [7, 11) is 0. The van der Waals surface area contributed by atoms with Gasteiger partial charge in [-0.1, -0.05) is 6.58 Å². The number of ether oxygens (including phenoxy) is 1. The number of nitrogen functional groups attached to an aromatic ring is 1. The number of carbonyl (C=O) groups is 1. The topological polar surface area (TPSA) is 106 Å². The third-order valence-corrected chi connectivity index (χ3v) is 4.76. The second-order valence-electron chi connectivity index (χ2n) is 7.14. The molecule has 3 aromatic rings. The number of pyridine rings is 1. The Bertz CT molecular complexity index is 1120. The van der Waals surface area contributed by atoms with Crippen LogP contribution in [-0.4, -0.2) is 40.2 Å². The van der Waals surface area contributed by atoms with Crippen molar-refractivity contribution in [3.8, 4) is 11.3 Å². The lowest BCUT2D eigenvalue weighted by atomic mass is 10.1. The summed E-state index contributed by atoms with van der Waals surface area (Å²) in [6.07, 6.45) is 0.187. The van der Waals surface area contributed by atoms with Gasteiger partial charge in [0.25, 0.3) is 0 Å². The van der Waals surface area contributed by atoms with Crippen molar-refractivity contribution in [3.63, 3.8) is 0 Å². The molecule has 1 aliphatic rings. The van der Waals surface area contributed by atoms with Gasteiger partial charge in [0, 0.05) is 18.7 Å². The SMILES string of the molecule is C=C(C)OC(=O)N[C@H]1CCN(c2nc(N)nc3ccc(-c4ccc(F)cc4)nc23)C1. The summed E-state index contributed by atoms with van der Waals surface area (Å²) in [5.41, 5.74) is 8.58. The fourth-order valence-corrected chi connectivity index (χ4v) is 3.44. The van der Waals surface area contributed by atoms with Crippen LogP contribution < -0.4 is 16.0 Å². The number of hydrogen-bond acceptors (Lipinski definition) is 7. The van der Waals surface area contributed by atoms with Gasteiger partial charge < -0.3 is 20.7 Å². The summed E-state index contributed by atoms with van der Waals surface area (Å²) < 4.78 is 18.2. The van der Waals surface area contributed by atoms with Gasteiger partial charge >= 0.3 is 6.09 Å². The van der Waals surface area contributed by atoms with Crippen LogP contribution in [0.5, 0.6) is 0 Å². The van der Waals surface area contributed by atoms with Crippen molar-refractivity contribution >= 4 is 28.9 Å². The fraction of sp³-hybridized carbons (Fsp3) is 0.238. The molecule has 1 aromatic carbocycles. The number of carbonyl (C=O) groups excluding carboxylic acids is 1. The van der Waals surface area contributed by atoms with E-state index >= 15 is 0 Å². The van der Waals surface area contributed by atoms with Crippen LogP contribution >= 0.6 is 0 Å². The van der Waals surface area contributed by atoms with Crippen molar-refractivity contribution in [3.05, 3.63) is 54.6 Å². The molecule has 3 heterocycles. The van der Waals surface area contributed by atoms with Crippen LogP contribution in [0.1, 0.15) is 13.3 Å². The van der Waals surface area contributed by atoms with E-state index in [2.05, 4.69) is 21.9 Å². The molecule has 1 fully saturated rings. The number of nitrogens with zero attached hydrogens (tertiary/aromatic N) is 4. The van der Waals surface area contributed by atoms with E-state index in [0.717, 1.165) is 5.56 Å². The average Bonchev–Trinajstić information content (AvgIpc) is 3.15. The standard InChI is InChI=1S/C21H21FN6O2/c1-12(2)30-21(29)24-15-9-10-28(11-15)19-18-17(26-20(23)27-19)8-7-16(25-18)13-3-5-14(22)6-4-13/h3-8,15H,1,9-11H2,2H3,(H,24,29)(H2,23,26,27)/t15-/m0/s1. The van der Waals surface area contributed by atoms with Gasteiger partial charge in [-0.05, 0) is 49.7 Å². The normalized spacial score (nSPS) is 15.9. The van der Waals surface area contributed by atoms with Crippen molar-refractivity contribution in [1.82, 2.24) is 20.3 Å². The van der Waals surface area contributed by atoms with Gasteiger partial charge in [0.1, 0.15) is 11.3 Å². The first kappa shape index (κ1) is 19.6. The monoisotopic (exact) mass is 408 g/mol. The number of amides is 1. The number of halogens is 1. The number of rotatable bonds is 4. The van der Waals surface area contributed by atoms with Gasteiger partial charge in [-0.25, -0.2) is 19.2 Å². The van der Waals surface area contributed by atoms with Crippen molar-refractivity contribution in [2.45, 2.75) is 19.4 Å². The van der Waals surface area contributed by atoms with Gasteiger partial charge in [0.15, 0.2) is 5.82 Å². The third-order valence-electron chi connectivity index (χ3n) is 4.76. The molecule has 1 atom stereocenters. The molecule has 0 spiro atoms. The first-order valence-corrected chi connectivity index (χ1v) is 9.48. The number of nitrogens with one attached hydrogen (secondary N) is 1. The molecule has 0 unspecified atom stereocenters. The molecule has 3 N–H and O–H groups in total. The molecular formula is C21H21FN6O2. The molecule has 2 aromatic heterocycles. The highest BCUT2D eigenvalue weighted by Gasteiger charge is 2.27. The Balaban J connectivity index is 1.63. The van der Waals surface area contributed by atoms with Gasteiger partial charge in [0.2, 0.25) is 5.95 Å². The zero-order chi connectivity index (χ0) is 21.3. The number of alkyl carbamates (subject to hydrolysis) is 1. The van der Waals surface area contributed by atoms with E-state index in [1.165, 1.54) is 12.1 Å². The minimum atomic E-state index is -0.530. The number of anilines is 2. The Kier molecular flexibility index (Phi) is 5.18. The molecule has 0 aliphatic carbocycles. The molecule has 1 amide bonds. The molecular weight excluding hydrogens is 387 g/mol. The first-order chi connectivity index (χ1) is 14.4. The predicted molar refractivity (Wildman–Crippen MR) is 112 cm³/mol. The number of aromatic nitrogens is 3. The van der Waals surface area contributed by atoms with Crippen LogP contribution in [0.2, 0.25) is 0 Å². The molecule has 8 nitrogen and oxygen atoms in total. The molecule has 0 radical (unpaired) electrons. The van der Waals surface area contributed by atoms with Crippen molar-refractivity contribution in [2.75, 3.05) is 23.7 Å². The maximum atomic E-state index is 13.3.